The first-order valence-corrected chi connectivity index (χ1v) is 9.73. The molecule has 1 N–H and O–H groups in total. The number of nitrogens with zero attached hydrogens (tertiary/aromatic N) is 1. The van der Waals surface area contributed by atoms with Gasteiger partial charge < -0.3 is 5.32 Å². The molecule has 0 spiro atoms. The highest BCUT2D eigenvalue weighted by Gasteiger charge is 2.37. The van der Waals surface area contributed by atoms with Gasteiger partial charge in [0.2, 0.25) is 0 Å². The molecule has 0 aliphatic carbocycles. The maximum Gasteiger partial charge on any atom is 0.0334 e. The van der Waals surface area contributed by atoms with Gasteiger partial charge in [-0.2, -0.15) is 11.8 Å². The van der Waals surface area contributed by atoms with E-state index in [-0.39, 0.29) is 24.8 Å². The third-order valence-corrected chi connectivity index (χ3v) is 6.23. The number of fused-ring (bicyclic) bond motifs is 1. The predicted octanol–water partition coefficient (Wildman–Crippen LogP) is 4.05. The molecule has 0 amide bonds. The first-order valence-electron chi connectivity index (χ1n) is 8.57. The topological polar surface area (TPSA) is 15.3 Å². The highest BCUT2D eigenvalue weighted by atomic mass is 35.5. The van der Waals surface area contributed by atoms with Crippen LogP contribution in [0.2, 0.25) is 0 Å². The number of nitrogens with one attached hydrogen (secondary N) is 1. The number of hydrogen-bond donors (Lipinski definition) is 1. The molecule has 0 radical (unpaired) electrons. The zero-order chi connectivity index (χ0) is 15.5. The van der Waals surface area contributed by atoms with Crippen molar-refractivity contribution >= 4 is 36.6 Å². The van der Waals surface area contributed by atoms with E-state index >= 15 is 0 Å². The molecule has 2 heterocycles. The second-order valence-corrected chi connectivity index (χ2v) is 7.64. The third kappa shape index (κ3) is 4.53. The Morgan fingerprint density at radius 3 is 2.08 bits per heavy atom. The van der Waals surface area contributed by atoms with Crippen molar-refractivity contribution in [2.24, 2.45) is 0 Å². The fraction of sp³-hybridized carbons (Fsp3) is 0.400. The van der Waals surface area contributed by atoms with E-state index in [1.54, 1.807) is 0 Å². The van der Waals surface area contributed by atoms with Crippen molar-refractivity contribution in [3.8, 4) is 0 Å². The van der Waals surface area contributed by atoms with Gasteiger partial charge in [-0.15, -0.1) is 24.8 Å². The summed E-state index contributed by atoms with van der Waals surface area (Å²) in [6.07, 6.45) is 0. The van der Waals surface area contributed by atoms with E-state index in [0.29, 0.717) is 18.0 Å². The van der Waals surface area contributed by atoms with Crippen LogP contribution >= 0.6 is 36.6 Å². The summed E-state index contributed by atoms with van der Waals surface area (Å²) < 4.78 is 0. The van der Waals surface area contributed by atoms with Crippen LogP contribution < -0.4 is 5.32 Å². The zero-order valence-corrected chi connectivity index (χ0v) is 16.7. The van der Waals surface area contributed by atoms with Gasteiger partial charge in [-0.3, -0.25) is 4.90 Å². The average Bonchev–Trinajstić information content (AvgIpc) is 2.64. The minimum atomic E-state index is 0. The fourth-order valence-electron chi connectivity index (χ4n) is 4.06. The smallest absolute Gasteiger partial charge is 0.0334 e. The van der Waals surface area contributed by atoms with Gasteiger partial charge in [-0.25, -0.2) is 0 Å². The number of rotatable bonds is 3. The van der Waals surface area contributed by atoms with E-state index in [4.69, 9.17) is 0 Å². The molecular formula is C20H26Cl2N2S. The molecule has 0 bridgehead atoms. The summed E-state index contributed by atoms with van der Waals surface area (Å²) in [5.74, 6) is 2.97. The molecule has 2 nitrogen and oxygen atoms in total. The molecular weight excluding hydrogens is 371 g/mol. The summed E-state index contributed by atoms with van der Waals surface area (Å²) in [6.45, 7) is 3.44. The Hall–Kier alpha value is -0.710. The largest absolute Gasteiger partial charge is 0.314 e. The molecule has 2 fully saturated rings. The zero-order valence-electron chi connectivity index (χ0n) is 14.2. The lowest BCUT2D eigenvalue weighted by Crippen LogP contribution is -2.62. The van der Waals surface area contributed by atoms with Crippen molar-refractivity contribution in [2.45, 2.75) is 18.0 Å². The Balaban J connectivity index is 0.00000113. The molecule has 2 aliphatic rings. The molecule has 0 unspecified atom stereocenters. The van der Waals surface area contributed by atoms with E-state index in [2.05, 4.69) is 82.6 Å². The second-order valence-electron chi connectivity index (χ2n) is 6.49. The molecule has 2 saturated heterocycles. The number of halogens is 2. The number of piperazine rings is 1. The Morgan fingerprint density at radius 1 is 0.880 bits per heavy atom. The maximum atomic E-state index is 3.70. The number of benzene rings is 2. The highest BCUT2D eigenvalue weighted by Crippen LogP contribution is 2.34. The third-order valence-electron chi connectivity index (χ3n) is 5.13. The molecule has 2 aromatic carbocycles. The summed E-state index contributed by atoms with van der Waals surface area (Å²) in [5.41, 5.74) is 2.87. The fourth-order valence-corrected chi connectivity index (χ4v) is 5.15. The minimum Gasteiger partial charge on any atom is -0.314 e. The van der Waals surface area contributed by atoms with E-state index in [0.717, 1.165) is 13.1 Å². The first kappa shape index (κ1) is 20.6. The summed E-state index contributed by atoms with van der Waals surface area (Å²) in [6, 6.07) is 23.3. The number of hydrogen-bond acceptors (Lipinski definition) is 3. The monoisotopic (exact) mass is 396 g/mol. The summed E-state index contributed by atoms with van der Waals surface area (Å²) in [7, 11) is 0. The van der Waals surface area contributed by atoms with Gasteiger partial charge in [-0.05, 0) is 11.1 Å². The van der Waals surface area contributed by atoms with Gasteiger partial charge in [0.15, 0.2) is 0 Å². The Kier molecular flexibility index (Phi) is 8.11. The highest BCUT2D eigenvalue weighted by molar-refractivity contribution is 7.99. The molecule has 2 aromatic rings. The van der Waals surface area contributed by atoms with E-state index in [1.165, 1.54) is 29.2 Å². The van der Waals surface area contributed by atoms with Crippen molar-refractivity contribution in [3.05, 3.63) is 71.8 Å². The van der Waals surface area contributed by atoms with E-state index in [1.807, 2.05) is 0 Å². The second kappa shape index (κ2) is 9.84. The first-order chi connectivity index (χ1) is 11.4. The van der Waals surface area contributed by atoms with Crippen LogP contribution in [0, 0.1) is 0 Å². The van der Waals surface area contributed by atoms with Crippen LogP contribution in [0.3, 0.4) is 0 Å². The van der Waals surface area contributed by atoms with Crippen LogP contribution in [0.25, 0.3) is 0 Å². The predicted molar refractivity (Wildman–Crippen MR) is 114 cm³/mol. The van der Waals surface area contributed by atoms with Gasteiger partial charge >= 0.3 is 0 Å². The van der Waals surface area contributed by atoms with Gasteiger partial charge in [0, 0.05) is 49.1 Å². The van der Waals surface area contributed by atoms with Crippen LogP contribution in [0.15, 0.2) is 60.7 Å². The normalized spacial score (nSPS) is 23.2. The summed E-state index contributed by atoms with van der Waals surface area (Å²) in [5, 5.41) is 3.70. The average molecular weight is 397 g/mol. The maximum absolute atomic E-state index is 3.70. The molecule has 25 heavy (non-hydrogen) atoms. The van der Waals surface area contributed by atoms with Crippen LogP contribution in [0.4, 0.5) is 0 Å². The van der Waals surface area contributed by atoms with Crippen molar-refractivity contribution in [3.63, 3.8) is 0 Å². The molecule has 2 atom stereocenters. The summed E-state index contributed by atoms with van der Waals surface area (Å²) >= 11 is 2.10. The van der Waals surface area contributed by atoms with Crippen LogP contribution in [0.5, 0.6) is 0 Å². The van der Waals surface area contributed by atoms with Gasteiger partial charge in [0.25, 0.3) is 0 Å². The SMILES string of the molecule is Cl.Cl.c1ccc(C(c2ccccc2)[C@@H]2CNC[C@@H]3CSCCN32)cc1. The molecule has 0 aromatic heterocycles. The molecule has 0 saturated carbocycles. The molecule has 136 valence electrons. The molecule has 5 heteroatoms. The van der Waals surface area contributed by atoms with Crippen LogP contribution in [0.1, 0.15) is 17.0 Å². The van der Waals surface area contributed by atoms with Gasteiger partial charge in [-0.1, -0.05) is 60.7 Å². The number of thioether (sulfide) groups is 1. The Morgan fingerprint density at radius 2 is 1.48 bits per heavy atom. The molecule has 4 rings (SSSR count). The van der Waals surface area contributed by atoms with Gasteiger partial charge in [0.05, 0.1) is 0 Å². The lowest BCUT2D eigenvalue weighted by molar-refractivity contribution is 0.102. The van der Waals surface area contributed by atoms with Crippen LogP contribution in [-0.4, -0.2) is 48.1 Å². The van der Waals surface area contributed by atoms with Crippen molar-refractivity contribution < 1.29 is 0 Å². The van der Waals surface area contributed by atoms with Crippen molar-refractivity contribution in [1.82, 2.24) is 10.2 Å². The lowest BCUT2D eigenvalue weighted by atomic mass is 9.82. The quantitative estimate of drug-likeness (QED) is 0.841. The minimum absolute atomic E-state index is 0. The Bertz CT molecular complexity index is 585. The van der Waals surface area contributed by atoms with Crippen molar-refractivity contribution in [2.75, 3.05) is 31.1 Å². The lowest BCUT2D eigenvalue weighted by Gasteiger charge is -2.48. The summed E-state index contributed by atoms with van der Waals surface area (Å²) in [4.78, 5) is 2.78. The van der Waals surface area contributed by atoms with Gasteiger partial charge in [0.1, 0.15) is 0 Å². The molecule has 2 aliphatic heterocycles. The van der Waals surface area contributed by atoms with E-state index < -0.39 is 0 Å². The standard InChI is InChI=1S/C20H24N2S.2ClH/c1-3-7-16(8-4-1)20(17-9-5-2-6-10-17)19-14-21-13-18-15-23-12-11-22(18)19;;/h1-10,18-21H,11-15H2;2*1H/t18-,19+;;/m1../s1. The van der Waals surface area contributed by atoms with Crippen molar-refractivity contribution in [1.29, 1.82) is 0 Å². The van der Waals surface area contributed by atoms with E-state index in [9.17, 15) is 0 Å². The Labute approximate surface area is 167 Å². The van der Waals surface area contributed by atoms with Crippen LogP contribution in [-0.2, 0) is 0 Å².